The first kappa shape index (κ1) is 15.2. The molecule has 120 valence electrons. The van der Waals surface area contributed by atoms with Crippen LogP contribution in [-0.2, 0) is 4.79 Å². The highest BCUT2D eigenvalue weighted by Crippen LogP contribution is 2.11. The maximum atomic E-state index is 12.2. The zero-order valence-electron chi connectivity index (χ0n) is 12.9. The predicted octanol–water partition coefficient (Wildman–Crippen LogP) is -0.579. The van der Waals surface area contributed by atoms with Gasteiger partial charge in [0, 0.05) is 77.7 Å². The fourth-order valence-corrected chi connectivity index (χ4v) is 2.98. The van der Waals surface area contributed by atoms with Crippen molar-refractivity contribution in [3.05, 3.63) is 18.6 Å². The minimum Gasteiger partial charge on any atom is -0.353 e. The molecule has 2 aliphatic rings. The van der Waals surface area contributed by atoms with Gasteiger partial charge in [-0.2, -0.15) is 0 Å². The molecular formula is C15H24N6O. The van der Waals surface area contributed by atoms with Gasteiger partial charge in [-0.05, 0) is 0 Å². The van der Waals surface area contributed by atoms with Gasteiger partial charge in [0.15, 0.2) is 0 Å². The summed E-state index contributed by atoms with van der Waals surface area (Å²) in [6, 6.07) is 0. The van der Waals surface area contributed by atoms with E-state index in [0.717, 1.165) is 64.7 Å². The molecule has 0 saturated carbocycles. The lowest BCUT2D eigenvalue weighted by Crippen LogP contribution is -2.49. The van der Waals surface area contributed by atoms with Gasteiger partial charge in [0.05, 0.1) is 6.20 Å². The smallest absolute Gasteiger partial charge is 0.223 e. The topological polar surface area (TPSA) is 64.6 Å². The number of rotatable bonds is 4. The van der Waals surface area contributed by atoms with Gasteiger partial charge in [-0.15, -0.1) is 0 Å². The molecule has 1 aromatic heterocycles. The number of amides is 1. The number of carbonyl (C=O) groups excluding carboxylic acids is 1. The molecule has 2 fully saturated rings. The van der Waals surface area contributed by atoms with Crippen molar-refractivity contribution in [3.8, 4) is 0 Å². The Labute approximate surface area is 131 Å². The first-order chi connectivity index (χ1) is 10.8. The first-order valence-electron chi connectivity index (χ1n) is 8.05. The van der Waals surface area contributed by atoms with Crippen LogP contribution >= 0.6 is 0 Å². The zero-order valence-corrected chi connectivity index (χ0v) is 12.9. The molecule has 0 spiro atoms. The van der Waals surface area contributed by atoms with E-state index in [1.807, 2.05) is 11.1 Å². The van der Waals surface area contributed by atoms with Gasteiger partial charge in [0.25, 0.3) is 0 Å². The van der Waals surface area contributed by atoms with Crippen molar-refractivity contribution in [1.82, 2.24) is 25.1 Å². The second-order valence-electron chi connectivity index (χ2n) is 5.77. The molecular weight excluding hydrogens is 280 g/mol. The summed E-state index contributed by atoms with van der Waals surface area (Å²) in [6.45, 7) is 8.23. The molecule has 3 rings (SSSR count). The number of hydrogen-bond acceptors (Lipinski definition) is 6. The SMILES string of the molecule is O=C(CCN1CCN(c2cnccn2)CC1)N1CCNCC1. The summed E-state index contributed by atoms with van der Waals surface area (Å²) in [6.07, 6.45) is 5.87. The van der Waals surface area contributed by atoms with E-state index in [0.29, 0.717) is 6.42 Å². The molecule has 2 saturated heterocycles. The molecule has 22 heavy (non-hydrogen) atoms. The van der Waals surface area contributed by atoms with E-state index in [2.05, 4.69) is 25.1 Å². The van der Waals surface area contributed by atoms with Crippen LogP contribution in [0.5, 0.6) is 0 Å². The third-order valence-electron chi connectivity index (χ3n) is 4.36. The number of aromatic nitrogens is 2. The largest absolute Gasteiger partial charge is 0.353 e. The molecule has 7 heteroatoms. The van der Waals surface area contributed by atoms with Crippen molar-refractivity contribution < 1.29 is 4.79 Å². The van der Waals surface area contributed by atoms with Crippen LogP contribution in [0.4, 0.5) is 5.82 Å². The van der Waals surface area contributed by atoms with Crippen LogP contribution in [-0.4, -0.2) is 84.6 Å². The fourth-order valence-electron chi connectivity index (χ4n) is 2.98. The second kappa shape index (κ2) is 7.51. The van der Waals surface area contributed by atoms with Gasteiger partial charge >= 0.3 is 0 Å². The van der Waals surface area contributed by atoms with Crippen LogP contribution in [0.15, 0.2) is 18.6 Å². The summed E-state index contributed by atoms with van der Waals surface area (Å²) in [4.78, 5) is 27.2. The Morgan fingerprint density at radius 2 is 1.86 bits per heavy atom. The van der Waals surface area contributed by atoms with E-state index < -0.39 is 0 Å². The number of nitrogens with zero attached hydrogens (tertiary/aromatic N) is 5. The number of hydrogen-bond donors (Lipinski definition) is 1. The van der Waals surface area contributed by atoms with Crippen molar-refractivity contribution in [2.45, 2.75) is 6.42 Å². The van der Waals surface area contributed by atoms with Crippen molar-refractivity contribution >= 4 is 11.7 Å². The van der Waals surface area contributed by atoms with E-state index in [1.165, 1.54) is 0 Å². The van der Waals surface area contributed by atoms with Crippen molar-refractivity contribution in [2.24, 2.45) is 0 Å². The Bertz CT molecular complexity index is 468. The second-order valence-corrected chi connectivity index (χ2v) is 5.77. The molecule has 3 heterocycles. The van der Waals surface area contributed by atoms with Crippen LogP contribution < -0.4 is 10.2 Å². The minimum atomic E-state index is 0.290. The first-order valence-corrected chi connectivity index (χ1v) is 8.05. The molecule has 2 aliphatic heterocycles. The Balaban J connectivity index is 1.39. The average Bonchev–Trinajstić information content (AvgIpc) is 2.61. The maximum absolute atomic E-state index is 12.2. The predicted molar refractivity (Wildman–Crippen MR) is 84.8 cm³/mol. The summed E-state index contributed by atoms with van der Waals surface area (Å²) in [5.74, 6) is 1.23. The minimum absolute atomic E-state index is 0.290. The zero-order chi connectivity index (χ0) is 15.2. The Morgan fingerprint density at radius 1 is 1.09 bits per heavy atom. The lowest BCUT2D eigenvalue weighted by Gasteiger charge is -2.35. The molecule has 0 unspecified atom stereocenters. The van der Waals surface area contributed by atoms with Crippen LogP contribution in [0, 0.1) is 0 Å². The van der Waals surface area contributed by atoms with Gasteiger partial charge in [-0.1, -0.05) is 0 Å². The molecule has 0 atom stereocenters. The number of carbonyl (C=O) groups is 1. The molecule has 7 nitrogen and oxygen atoms in total. The highest BCUT2D eigenvalue weighted by molar-refractivity contribution is 5.76. The van der Waals surface area contributed by atoms with E-state index >= 15 is 0 Å². The van der Waals surface area contributed by atoms with Crippen LogP contribution in [0.3, 0.4) is 0 Å². The van der Waals surface area contributed by atoms with Gasteiger partial charge < -0.3 is 15.1 Å². The summed E-state index contributed by atoms with van der Waals surface area (Å²) < 4.78 is 0. The molecule has 0 bridgehead atoms. The number of piperazine rings is 2. The lowest BCUT2D eigenvalue weighted by atomic mass is 10.2. The molecule has 0 radical (unpaired) electrons. The number of anilines is 1. The Morgan fingerprint density at radius 3 is 2.55 bits per heavy atom. The van der Waals surface area contributed by atoms with E-state index in [1.54, 1.807) is 12.4 Å². The Kier molecular flexibility index (Phi) is 5.18. The summed E-state index contributed by atoms with van der Waals surface area (Å²) in [5.41, 5.74) is 0. The van der Waals surface area contributed by atoms with E-state index in [4.69, 9.17) is 0 Å². The standard InChI is InChI=1S/C15H24N6O/c22-15(21-7-4-16-5-8-21)1-6-19-9-11-20(12-10-19)14-13-17-2-3-18-14/h2-3,13,16H,1,4-12H2. The van der Waals surface area contributed by atoms with Crippen molar-refractivity contribution in [3.63, 3.8) is 0 Å². The molecule has 1 N–H and O–H groups in total. The summed E-state index contributed by atoms with van der Waals surface area (Å²) in [5, 5.41) is 3.27. The molecule has 1 amide bonds. The Hall–Kier alpha value is -1.73. The van der Waals surface area contributed by atoms with Gasteiger partial charge in [-0.3, -0.25) is 14.7 Å². The number of nitrogens with one attached hydrogen (secondary N) is 1. The van der Waals surface area contributed by atoms with Crippen LogP contribution in [0.25, 0.3) is 0 Å². The van der Waals surface area contributed by atoms with Gasteiger partial charge in [0.1, 0.15) is 5.82 Å². The summed E-state index contributed by atoms with van der Waals surface area (Å²) in [7, 11) is 0. The van der Waals surface area contributed by atoms with Crippen LogP contribution in [0.2, 0.25) is 0 Å². The highest BCUT2D eigenvalue weighted by atomic mass is 16.2. The van der Waals surface area contributed by atoms with E-state index in [9.17, 15) is 4.79 Å². The fraction of sp³-hybridized carbons (Fsp3) is 0.667. The normalized spacial score (nSPS) is 20.2. The van der Waals surface area contributed by atoms with Gasteiger partial charge in [0.2, 0.25) is 5.91 Å². The molecule has 0 aromatic carbocycles. The van der Waals surface area contributed by atoms with Crippen molar-refractivity contribution in [2.75, 3.05) is 63.8 Å². The van der Waals surface area contributed by atoms with Crippen molar-refractivity contribution in [1.29, 1.82) is 0 Å². The maximum Gasteiger partial charge on any atom is 0.223 e. The van der Waals surface area contributed by atoms with Crippen LogP contribution in [0.1, 0.15) is 6.42 Å². The quantitative estimate of drug-likeness (QED) is 0.803. The highest BCUT2D eigenvalue weighted by Gasteiger charge is 2.20. The third kappa shape index (κ3) is 3.92. The molecule has 1 aromatic rings. The third-order valence-corrected chi connectivity index (χ3v) is 4.36. The average molecular weight is 304 g/mol. The van der Waals surface area contributed by atoms with Gasteiger partial charge in [-0.25, -0.2) is 4.98 Å². The molecule has 0 aliphatic carbocycles. The monoisotopic (exact) mass is 304 g/mol. The van der Waals surface area contributed by atoms with E-state index in [-0.39, 0.29) is 5.91 Å². The summed E-state index contributed by atoms with van der Waals surface area (Å²) >= 11 is 0. The lowest BCUT2D eigenvalue weighted by molar-refractivity contribution is -0.132.